The number of carbonyl (C=O) groups excluding carboxylic acids is 1. The number of piperazine rings is 1. The number of anilines is 1. The quantitative estimate of drug-likeness (QED) is 0.908. The van der Waals surface area contributed by atoms with Gasteiger partial charge in [0.15, 0.2) is 0 Å². The number of aromatic carboxylic acids is 1. The molecule has 0 aliphatic carbocycles. The van der Waals surface area contributed by atoms with Crippen LogP contribution in [0.1, 0.15) is 26.5 Å². The van der Waals surface area contributed by atoms with Crippen molar-refractivity contribution in [3.63, 3.8) is 0 Å². The smallest absolute Gasteiger partial charge is 0.337 e. The van der Waals surface area contributed by atoms with Crippen LogP contribution in [0.2, 0.25) is 0 Å². The predicted octanol–water partition coefficient (Wildman–Crippen LogP) is 2.33. The first-order valence-corrected chi connectivity index (χ1v) is 8.07. The van der Waals surface area contributed by atoms with Gasteiger partial charge in [0.2, 0.25) is 0 Å². The lowest BCUT2D eigenvalue weighted by molar-refractivity contribution is 0.0690. The molecule has 1 aliphatic heterocycles. The van der Waals surface area contributed by atoms with E-state index in [-0.39, 0.29) is 28.5 Å². The Kier molecular flexibility index (Phi) is 4.83. The summed E-state index contributed by atoms with van der Waals surface area (Å²) in [5.74, 6) is -2.44. The van der Waals surface area contributed by atoms with E-state index in [0.29, 0.717) is 26.2 Å². The zero-order valence-electron chi connectivity index (χ0n) is 14.1. The van der Waals surface area contributed by atoms with Crippen LogP contribution in [0.3, 0.4) is 0 Å². The normalized spacial score (nSPS) is 14.4. The average Bonchev–Trinajstić information content (AvgIpc) is 2.63. The average molecular weight is 361 g/mol. The highest BCUT2D eigenvalue weighted by Crippen LogP contribution is 2.22. The third kappa shape index (κ3) is 3.49. The van der Waals surface area contributed by atoms with Crippen molar-refractivity contribution in [2.75, 3.05) is 31.1 Å². The molecule has 136 valence electrons. The maximum atomic E-state index is 13.9. The highest BCUT2D eigenvalue weighted by Gasteiger charge is 2.25. The summed E-state index contributed by atoms with van der Waals surface area (Å²) in [6.07, 6.45) is 0. The van der Waals surface area contributed by atoms with Gasteiger partial charge < -0.3 is 14.9 Å². The molecule has 1 aliphatic rings. The molecule has 0 unspecified atom stereocenters. The molecule has 6 nitrogen and oxygen atoms in total. The molecule has 1 amide bonds. The Balaban J connectivity index is 1.70. The number of rotatable bonds is 3. The Morgan fingerprint density at radius 3 is 2.38 bits per heavy atom. The van der Waals surface area contributed by atoms with E-state index in [2.05, 4.69) is 4.98 Å². The second-order valence-electron chi connectivity index (χ2n) is 6.01. The number of nitrogens with zero attached hydrogens (tertiary/aromatic N) is 3. The number of aromatic nitrogens is 1. The lowest BCUT2D eigenvalue weighted by atomic mass is 10.1. The maximum absolute atomic E-state index is 13.9. The number of carbonyl (C=O) groups is 2. The molecule has 0 spiro atoms. The van der Waals surface area contributed by atoms with Crippen LogP contribution in [0.15, 0.2) is 30.3 Å². The van der Waals surface area contributed by atoms with Crippen molar-refractivity contribution in [3.05, 3.63) is 58.9 Å². The van der Waals surface area contributed by atoms with Crippen LogP contribution in [-0.4, -0.2) is 53.0 Å². The first kappa shape index (κ1) is 17.8. The summed E-state index contributed by atoms with van der Waals surface area (Å²) in [5.41, 5.74) is 0.659. The third-order valence-electron chi connectivity index (χ3n) is 4.35. The fourth-order valence-electron chi connectivity index (χ4n) is 2.95. The van der Waals surface area contributed by atoms with Gasteiger partial charge in [-0.15, -0.1) is 0 Å². The van der Waals surface area contributed by atoms with Gasteiger partial charge in [-0.2, -0.15) is 0 Å². The van der Waals surface area contributed by atoms with Crippen LogP contribution >= 0.6 is 0 Å². The second kappa shape index (κ2) is 7.07. The minimum Gasteiger partial charge on any atom is -0.478 e. The van der Waals surface area contributed by atoms with Crippen molar-refractivity contribution in [2.45, 2.75) is 6.92 Å². The van der Waals surface area contributed by atoms with Crippen molar-refractivity contribution < 1.29 is 23.5 Å². The number of amides is 1. The Labute approximate surface area is 148 Å². The first-order valence-electron chi connectivity index (χ1n) is 8.07. The molecule has 1 aromatic heterocycles. The highest BCUT2D eigenvalue weighted by atomic mass is 19.1. The molecule has 0 saturated carbocycles. The van der Waals surface area contributed by atoms with Crippen LogP contribution < -0.4 is 4.90 Å². The zero-order valence-corrected chi connectivity index (χ0v) is 14.1. The number of aryl methyl sites for hydroxylation is 1. The lowest BCUT2D eigenvalue weighted by Crippen LogP contribution is -2.49. The van der Waals surface area contributed by atoms with Crippen LogP contribution in [0.5, 0.6) is 0 Å². The molecule has 8 heteroatoms. The van der Waals surface area contributed by atoms with Crippen LogP contribution in [-0.2, 0) is 0 Å². The number of halogens is 2. The van der Waals surface area contributed by atoms with E-state index in [4.69, 9.17) is 5.11 Å². The van der Waals surface area contributed by atoms with Gasteiger partial charge in [0.1, 0.15) is 17.3 Å². The number of hydrogen-bond acceptors (Lipinski definition) is 4. The lowest BCUT2D eigenvalue weighted by Gasteiger charge is -2.36. The molecule has 0 bridgehead atoms. The molecule has 1 N–H and O–H groups in total. The number of carboxylic acids is 1. The van der Waals surface area contributed by atoms with Gasteiger partial charge >= 0.3 is 5.97 Å². The van der Waals surface area contributed by atoms with Gasteiger partial charge in [0.25, 0.3) is 5.91 Å². The first-order chi connectivity index (χ1) is 12.4. The fraction of sp³-hybridized carbons (Fsp3) is 0.278. The van der Waals surface area contributed by atoms with Crippen molar-refractivity contribution >= 4 is 17.6 Å². The van der Waals surface area contributed by atoms with E-state index >= 15 is 0 Å². The molecule has 3 rings (SSSR count). The standard InChI is InChI=1S/C18H17F2N3O3/c1-11-13(18(25)26)3-5-15(21-11)17(24)23-8-6-22(7-9-23)16-10-12(19)2-4-14(16)20/h2-5,10H,6-9H2,1H3,(H,25,26). The fourth-order valence-corrected chi connectivity index (χ4v) is 2.95. The molecule has 2 heterocycles. The van der Waals surface area contributed by atoms with Crippen LogP contribution in [0.4, 0.5) is 14.5 Å². The second-order valence-corrected chi connectivity index (χ2v) is 6.01. The van der Waals surface area contributed by atoms with Crippen LogP contribution in [0.25, 0.3) is 0 Å². The maximum Gasteiger partial charge on any atom is 0.337 e. The molecule has 1 fully saturated rings. The largest absolute Gasteiger partial charge is 0.478 e. The molecule has 26 heavy (non-hydrogen) atoms. The Hall–Kier alpha value is -3.03. The topological polar surface area (TPSA) is 73.7 Å². The number of carboxylic acid groups (broad SMARTS) is 1. The van der Waals surface area contributed by atoms with Crippen LogP contribution in [0, 0.1) is 18.6 Å². The van der Waals surface area contributed by atoms with Crippen molar-refractivity contribution in [1.29, 1.82) is 0 Å². The third-order valence-corrected chi connectivity index (χ3v) is 4.35. The van der Waals surface area contributed by atoms with E-state index in [1.54, 1.807) is 9.80 Å². The summed E-state index contributed by atoms with van der Waals surface area (Å²) in [5, 5.41) is 9.02. The molecular weight excluding hydrogens is 344 g/mol. The van der Waals surface area contributed by atoms with Crippen molar-refractivity contribution in [3.8, 4) is 0 Å². The van der Waals surface area contributed by atoms with E-state index in [1.165, 1.54) is 19.1 Å². The van der Waals surface area contributed by atoms with E-state index in [0.717, 1.165) is 18.2 Å². The van der Waals surface area contributed by atoms with Gasteiger partial charge in [-0.3, -0.25) is 4.79 Å². The summed E-state index contributed by atoms with van der Waals surface area (Å²) in [6.45, 7) is 2.91. The summed E-state index contributed by atoms with van der Waals surface area (Å²) in [4.78, 5) is 30.9. The molecule has 1 saturated heterocycles. The zero-order chi connectivity index (χ0) is 18.8. The Morgan fingerprint density at radius 1 is 1.08 bits per heavy atom. The van der Waals surface area contributed by atoms with Gasteiger partial charge in [0, 0.05) is 32.2 Å². The van der Waals surface area contributed by atoms with Crippen molar-refractivity contribution in [2.24, 2.45) is 0 Å². The van der Waals surface area contributed by atoms with E-state index < -0.39 is 17.6 Å². The molecule has 0 radical (unpaired) electrons. The van der Waals surface area contributed by atoms with Gasteiger partial charge in [0.05, 0.1) is 16.9 Å². The molecular formula is C18H17F2N3O3. The molecule has 1 aromatic carbocycles. The number of pyridine rings is 1. The molecule has 0 atom stereocenters. The Bertz CT molecular complexity index is 865. The Morgan fingerprint density at radius 2 is 1.77 bits per heavy atom. The summed E-state index contributed by atoms with van der Waals surface area (Å²) in [6, 6.07) is 6.03. The SMILES string of the molecule is Cc1nc(C(=O)N2CCN(c3cc(F)ccc3F)CC2)ccc1C(=O)O. The highest BCUT2D eigenvalue weighted by molar-refractivity contribution is 5.94. The number of benzene rings is 1. The van der Waals surface area contributed by atoms with Crippen molar-refractivity contribution in [1.82, 2.24) is 9.88 Å². The van der Waals surface area contributed by atoms with E-state index in [9.17, 15) is 18.4 Å². The number of hydrogen-bond donors (Lipinski definition) is 1. The monoisotopic (exact) mass is 361 g/mol. The van der Waals surface area contributed by atoms with Gasteiger partial charge in [-0.05, 0) is 31.2 Å². The molecule has 2 aromatic rings. The predicted molar refractivity (Wildman–Crippen MR) is 90.4 cm³/mol. The minimum absolute atomic E-state index is 0.0490. The van der Waals surface area contributed by atoms with Gasteiger partial charge in [-0.25, -0.2) is 18.6 Å². The minimum atomic E-state index is -1.10. The van der Waals surface area contributed by atoms with E-state index in [1.807, 2.05) is 0 Å². The summed E-state index contributed by atoms with van der Waals surface area (Å²) in [7, 11) is 0. The summed E-state index contributed by atoms with van der Waals surface area (Å²) >= 11 is 0. The van der Waals surface area contributed by atoms with Gasteiger partial charge in [-0.1, -0.05) is 0 Å². The summed E-state index contributed by atoms with van der Waals surface area (Å²) < 4.78 is 27.2.